The Labute approximate surface area is 130 Å². The van der Waals surface area contributed by atoms with Gasteiger partial charge >= 0.3 is 0 Å². The molecule has 0 heterocycles. The molecule has 0 unspecified atom stereocenters. The topological polar surface area (TPSA) is 29.1 Å². The number of thiol groups is 1. The number of rotatable bonds is 2. The molecule has 0 saturated carbocycles. The Morgan fingerprint density at radius 2 is 2.05 bits per heavy atom. The number of carbonyl (C=O) groups is 1. The molecule has 0 saturated heterocycles. The van der Waals surface area contributed by atoms with Gasteiger partial charge in [0.05, 0.1) is 5.69 Å². The van der Waals surface area contributed by atoms with Gasteiger partial charge in [0.1, 0.15) is 0 Å². The second-order valence-electron chi connectivity index (χ2n) is 4.09. The van der Waals surface area contributed by atoms with Gasteiger partial charge in [-0.1, -0.05) is 17.7 Å². The number of benzene rings is 2. The Morgan fingerprint density at radius 3 is 2.74 bits per heavy atom. The largest absolute Gasteiger partial charge is 0.321 e. The molecule has 0 radical (unpaired) electrons. The summed E-state index contributed by atoms with van der Waals surface area (Å²) in [6, 6.07) is 10.6. The number of halogens is 2. The van der Waals surface area contributed by atoms with Gasteiger partial charge < -0.3 is 5.32 Å². The van der Waals surface area contributed by atoms with E-state index in [1.807, 2.05) is 19.1 Å². The molecule has 1 amide bonds. The van der Waals surface area contributed by atoms with E-state index in [2.05, 4.69) is 33.9 Å². The Morgan fingerprint density at radius 1 is 1.32 bits per heavy atom. The van der Waals surface area contributed by atoms with Crippen LogP contribution in [0.25, 0.3) is 0 Å². The smallest absolute Gasteiger partial charge is 0.255 e. The molecular weight excluding hydrogens is 346 g/mol. The number of aryl methyl sites for hydroxylation is 1. The normalized spacial score (nSPS) is 10.3. The van der Waals surface area contributed by atoms with Crippen molar-refractivity contribution in [2.45, 2.75) is 11.8 Å². The first-order valence-electron chi connectivity index (χ1n) is 5.53. The van der Waals surface area contributed by atoms with E-state index in [-0.39, 0.29) is 5.91 Å². The highest BCUT2D eigenvalue weighted by atomic mass is 79.9. The van der Waals surface area contributed by atoms with Gasteiger partial charge in [-0.15, -0.1) is 12.6 Å². The number of anilines is 1. The average Bonchev–Trinajstić information content (AvgIpc) is 2.36. The average molecular weight is 357 g/mol. The van der Waals surface area contributed by atoms with E-state index in [4.69, 9.17) is 11.6 Å². The van der Waals surface area contributed by atoms with Crippen LogP contribution in [-0.4, -0.2) is 5.91 Å². The molecule has 19 heavy (non-hydrogen) atoms. The summed E-state index contributed by atoms with van der Waals surface area (Å²) in [7, 11) is 0. The molecule has 0 aliphatic heterocycles. The number of nitrogens with one attached hydrogen (secondary N) is 1. The highest BCUT2D eigenvalue weighted by molar-refractivity contribution is 9.10. The van der Waals surface area contributed by atoms with Gasteiger partial charge in [0.2, 0.25) is 0 Å². The van der Waals surface area contributed by atoms with Crippen molar-refractivity contribution in [3.63, 3.8) is 0 Å². The summed E-state index contributed by atoms with van der Waals surface area (Å²) in [5.74, 6) is -0.198. The molecule has 0 aliphatic carbocycles. The lowest BCUT2D eigenvalue weighted by molar-refractivity contribution is 0.102. The van der Waals surface area contributed by atoms with E-state index in [9.17, 15) is 4.79 Å². The van der Waals surface area contributed by atoms with E-state index in [1.165, 1.54) is 0 Å². The van der Waals surface area contributed by atoms with E-state index < -0.39 is 0 Å². The zero-order valence-corrected chi connectivity index (χ0v) is 13.3. The van der Waals surface area contributed by atoms with Crippen LogP contribution in [-0.2, 0) is 0 Å². The molecule has 1 N–H and O–H groups in total. The van der Waals surface area contributed by atoms with Gasteiger partial charge in [-0.25, -0.2) is 0 Å². The van der Waals surface area contributed by atoms with Crippen LogP contribution in [0.2, 0.25) is 5.02 Å². The molecule has 2 aromatic carbocycles. The molecule has 2 aromatic rings. The van der Waals surface area contributed by atoms with Crippen molar-refractivity contribution in [1.29, 1.82) is 0 Å². The standard InChI is InChI=1S/C14H11BrClNOS/c1-8-5-11(15)13(7-12(8)16)17-14(18)9-3-2-4-10(19)6-9/h2-7,19H,1H3,(H,17,18). The van der Waals surface area contributed by atoms with Crippen molar-refractivity contribution in [3.8, 4) is 0 Å². The quantitative estimate of drug-likeness (QED) is 0.732. The van der Waals surface area contributed by atoms with Crippen molar-refractivity contribution in [2.24, 2.45) is 0 Å². The lowest BCUT2D eigenvalue weighted by atomic mass is 10.2. The van der Waals surface area contributed by atoms with Gasteiger partial charge in [0, 0.05) is 20.0 Å². The van der Waals surface area contributed by atoms with Crippen molar-refractivity contribution in [1.82, 2.24) is 0 Å². The summed E-state index contributed by atoms with van der Waals surface area (Å²) in [5.41, 5.74) is 2.14. The predicted octanol–water partition coefficient (Wildman–Crippen LogP) is 4.95. The van der Waals surface area contributed by atoms with E-state index in [0.29, 0.717) is 16.3 Å². The van der Waals surface area contributed by atoms with E-state index in [1.54, 1.807) is 24.3 Å². The molecule has 5 heteroatoms. The van der Waals surface area contributed by atoms with Crippen molar-refractivity contribution < 1.29 is 4.79 Å². The molecule has 0 aromatic heterocycles. The zero-order chi connectivity index (χ0) is 14.0. The molecule has 0 atom stereocenters. The molecule has 0 aliphatic rings. The maximum atomic E-state index is 12.1. The summed E-state index contributed by atoms with van der Waals surface area (Å²) in [6.07, 6.45) is 0. The van der Waals surface area contributed by atoms with Gasteiger partial charge in [-0.05, 0) is 58.7 Å². The minimum atomic E-state index is -0.198. The third kappa shape index (κ3) is 3.53. The monoisotopic (exact) mass is 355 g/mol. The fourth-order valence-electron chi connectivity index (χ4n) is 1.58. The summed E-state index contributed by atoms with van der Waals surface area (Å²) in [6.45, 7) is 1.91. The molecule has 98 valence electrons. The Hall–Kier alpha value is -0.970. The van der Waals surface area contributed by atoms with Gasteiger partial charge in [0.15, 0.2) is 0 Å². The SMILES string of the molecule is Cc1cc(Br)c(NC(=O)c2cccc(S)c2)cc1Cl. The molecule has 0 fully saturated rings. The Balaban J connectivity index is 2.27. The zero-order valence-electron chi connectivity index (χ0n) is 10.1. The van der Waals surface area contributed by atoms with Crippen molar-refractivity contribution >= 4 is 51.8 Å². The third-order valence-electron chi connectivity index (χ3n) is 2.60. The van der Waals surface area contributed by atoms with Crippen molar-refractivity contribution in [2.75, 3.05) is 5.32 Å². The minimum Gasteiger partial charge on any atom is -0.321 e. The second kappa shape index (κ2) is 5.99. The highest BCUT2D eigenvalue weighted by Gasteiger charge is 2.10. The number of amides is 1. The lowest BCUT2D eigenvalue weighted by Crippen LogP contribution is -2.12. The highest BCUT2D eigenvalue weighted by Crippen LogP contribution is 2.29. The van der Waals surface area contributed by atoms with Gasteiger partial charge in [-0.2, -0.15) is 0 Å². The van der Waals surface area contributed by atoms with Gasteiger partial charge in [0.25, 0.3) is 5.91 Å². The molecule has 2 rings (SSSR count). The summed E-state index contributed by atoms with van der Waals surface area (Å²) in [5, 5.41) is 3.43. The fraction of sp³-hybridized carbons (Fsp3) is 0.0714. The minimum absolute atomic E-state index is 0.198. The summed E-state index contributed by atoms with van der Waals surface area (Å²) < 4.78 is 0.796. The predicted molar refractivity (Wildman–Crippen MR) is 85.5 cm³/mol. The molecule has 0 bridgehead atoms. The third-order valence-corrected chi connectivity index (χ3v) is 3.95. The second-order valence-corrected chi connectivity index (χ2v) is 5.86. The first-order chi connectivity index (χ1) is 8.97. The van der Waals surface area contributed by atoms with Crippen LogP contribution in [0, 0.1) is 6.92 Å². The van der Waals surface area contributed by atoms with Gasteiger partial charge in [-0.3, -0.25) is 4.79 Å². The molecule has 0 spiro atoms. The lowest BCUT2D eigenvalue weighted by Gasteiger charge is -2.10. The van der Waals surface area contributed by atoms with Crippen LogP contribution in [0.15, 0.2) is 45.8 Å². The molecular formula is C14H11BrClNOS. The van der Waals surface area contributed by atoms with Crippen LogP contribution in [0.1, 0.15) is 15.9 Å². The first-order valence-corrected chi connectivity index (χ1v) is 7.15. The fourth-order valence-corrected chi connectivity index (χ4v) is 2.53. The van der Waals surface area contributed by atoms with Crippen LogP contribution in [0.3, 0.4) is 0 Å². The number of carbonyl (C=O) groups excluding carboxylic acids is 1. The van der Waals surface area contributed by atoms with Crippen LogP contribution in [0.4, 0.5) is 5.69 Å². The maximum absolute atomic E-state index is 12.1. The van der Waals surface area contributed by atoms with Crippen LogP contribution < -0.4 is 5.32 Å². The van der Waals surface area contributed by atoms with Crippen LogP contribution in [0.5, 0.6) is 0 Å². The maximum Gasteiger partial charge on any atom is 0.255 e. The summed E-state index contributed by atoms with van der Waals surface area (Å²) >= 11 is 13.7. The molecule has 2 nitrogen and oxygen atoms in total. The van der Waals surface area contributed by atoms with Crippen molar-refractivity contribution in [3.05, 3.63) is 57.0 Å². The Bertz CT molecular complexity index is 645. The number of hydrogen-bond donors (Lipinski definition) is 2. The van der Waals surface area contributed by atoms with E-state index >= 15 is 0 Å². The van der Waals surface area contributed by atoms with E-state index in [0.717, 1.165) is 14.9 Å². The first kappa shape index (κ1) is 14.4. The summed E-state index contributed by atoms with van der Waals surface area (Å²) in [4.78, 5) is 12.8. The van der Waals surface area contributed by atoms with Crippen LogP contribution >= 0.6 is 40.2 Å². The Kier molecular flexibility index (Phi) is 4.55. The number of hydrogen-bond acceptors (Lipinski definition) is 2.